The van der Waals surface area contributed by atoms with Gasteiger partial charge in [0.25, 0.3) is 0 Å². The Balaban J connectivity index is 2.36. The summed E-state index contributed by atoms with van der Waals surface area (Å²) in [6.07, 6.45) is 0. The maximum atomic E-state index is 13.1. The second kappa shape index (κ2) is 4.89. The predicted octanol–water partition coefficient (Wildman–Crippen LogP) is 4.11. The molecule has 0 aromatic heterocycles. The van der Waals surface area contributed by atoms with Crippen molar-refractivity contribution in [1.82, 2.24) is 0 Å². The molecule has 0 saturated carbocycles. The highest BCUT2D eigenvalue weighted by molar-refractivity contribution is 5.47. The molecule has 3 heteroatoms. The Morgan fingerprint density at radius 3 is 2.56 bits per heavy atom. The van der Waals surface area contributed by atoms with Gasteiger partial charge in [0.15, 0.2) is 0 Å². The molecular formula is C15H12FNO. The van der Waals surface area contributed by atoms with Gasteiger partial charge in [-0.15, -0.1) is 0 Å². The van der Waals surface area contributed by atoms with E-state index in [1.54, 1.807) is 31.2 Å². The van der Waals surface area contributed by atoms with Crippen molar-refractivity contribution in [1.29, 1.82) is 5.26 Å². The van der Waals surface area contributed by atoms with Crippen molar-refractivity contribution in [3.05, 3.63) is 58.9 Å². The SMILES string of the molecule is Cc1ccc(C#N)c(Oc2ccc(F)c(C)c2)c1. The van der Waals surface area contributed by atoms with Crippen molar-refractivity contribution in [3.8, 4) is 17.6 Å². The van der Waals surface area contributed by atoms with E-state index in [2.05, 4.69) is 6.07 Å². The quantitative estimate of drug-likeness (QED) is 0.792. The first-order chi connectivity index (χ1) is 8.60. The van der Waals surface area contributed by atoms with Gasteiger partial charge < -0.3 is 4.74 Å². The van der Waals surface area contributed by atoms with Gasteiger partial charge in [-0.25, -0.2) is 4.39 Å². The highest BCUT2D eigenvalue weighted by atomic mass is 19.1. The van der Waals surface area contributed by atoms with Gasteiger partial charge in [0.2, 0.25) is 0 Å². The molecule has 0 spiro atoms. The van der Waals surface area contributed by atoms with Crippen LogP contribution in [-0.4, -0.2) is 0 Å². The molecule has 18 heavy (non-hydrogen) atoms. The van der Waals surface area contributed by atoms with Crippen LogP contribution in [0.1, 0.15) is 16.7 Å². The van der Waals surface area contributed by atoms with Gasteiger partial charge in [0.1, 0.15) is 23.4 Å². The van der Waals surface area contributed by atoms with E-state index in [9.17, 15) is 4.39 Å². The molecule has 0 unspecified atom stereocenters. The molecule has 0 atom stereocenters. The number of ether oxygens (including phenoxy) is 1. The second-order valence-electron chi connectivity index (χ2n) is 4.12. The molecular weight excluding hydrogens is 229 g/mol. The smallest absolute Gasteiger partial charge is 0.145 e. The molecule has 2 rings (SSSR count). The molecule has 0 fully saturated rings. The van der Waals surface area contributed by atoms with Crippen molar-refractivity contribution in [2.45, 2.75) is 13.8 Å². The van der Waals surface area contributed by atoms with Crippen LogP contribution in [0, 0.1) is 31.0 Å². The van der Waals surface area contributed by atoms with Gasteiger partial charge in [-0.05, 0) is 55.3 Å². The van der Waals surface area contributed by atoms with Crippen LogP contribution in [0.4, 0.5) is 4.39 Å². The van der Waals surface area contributed by atoms with Gasteiger partial charge >= 0.3 is 0 Å². The van der Waals surface area contributed by atoms with Crippen LogP contribution in [-0.2, 0) is 0 Å². The lowest BCUT2D eigenvalue weighted by molar-refractivity contribution is 0.478. The summed E-state index contributed by atoms with van der Waals surface area (Å²) in [7, 11) is 0. The van der Waals surface area contributed by atoms with Crippen LogP contribution in [0.15, 0.2) is 36.4 Å². The summed E-state index contributed by atoms with van der Waals surface area (Å²) in [5, 5.41) is 9.00. The number of hydrogen-bond donors (Lipinski definition) is 0. The number of aryl methyl sites for hydroxylation is 2. The Morgan fingerprint density at radius 2 is 1.89 bits per heavy atom. The minimum atomic E-state index is -0.271. The van der Waals surface area contributed by atoms with E-state index >= 15 is 0 Å². The zero-order valence-corrected chi connectivity index (χ0v) is 10.2. The second-order valence-corrected chi connectivity index (χ2v) is 4.12. The Labute approximate surface area is 105 Å². The fraction of sp³-hybridized carbons (Fsp3) is 0.133. The van der Waals surface area contributed by atoms with E-state index in [-0.39, 0.29) is 5.82 Å². The van der Waals surface area contributed by atoms with E-state index in [1.165, 1.54) is 6.07 Å². The summed E-state index contributed by atoms with van der Waals surface area (Å²) in [6, 6.07) is 11.9. The highest BCUT2D eigenvalue weighted by Crippen LogP contribution is 2.27. The zero-order chi connectivity index (χ0) is 13.1. The third-order valence-electron chi connectivity index (χ3n) is 2.61. The number of nitriles is 1. The Bertz CT molecular complexity index is 629. The molecule has 2 nitrogen and oxygen atoms in total. The fourth-order valence-corrected chi connectivity index (χ4v) is 1.61. The number of nitrogens with zero attached hydrogens (tertiary/aromatic N) is 1. The molecule has 0 radical (unpaired) electrons. The molecule has 0 heterocycles. The van der Waals surface area contributed by atoms with Crippen LogP contribution in [0.5, 0.6) is 11.5 Å². The first kappa shape index (κ1) is 12.1. The molecule has 2 aromatic carbocycles. The van der Waals surface area contributed by atoms with Gasteiger partial charge in [-0.2, -0.15) is 5.26 Å². The zero-order valence-electron chi connectivity index (χ0n) is 10.2. The molecule has 2 aromatic rings. The first-order valence-corrected chi connectivity index (χ1v) is 5.55. The summed E-state index contributed by atoms with van der Waals surface area (Å²) < 4.78 is 18.8. The van der Waals surface area contributed by atoms with Crippen molar-refractivity contribution in [2.75, 3.05) is 0 Å². The third-order valence-corrected chi connectivity index (χ3v) is 2.61. The Kier molecular flexibility index (Phi) is 3.29. The van der Waals surface area contributed by atoms with Gasteiger partial charge in [0, 0.05) is 0 Å². The summed E-state index contributed by atoms with van der Waals surface area (Å²) in [5.74, 6) is 0.742. The third kappa shape index (κ3) is 2.49. The van der Waals surface area contributed by atoms with Crippen LogP contribution in [0.2, 0.25) is 0 Å². The lowest BCUT2D eigenvalue weighted by atomic mass is 10.1. The number of rotatable bonds is 2. The van der Waals surface area contributed by atoms with E-state index < -0.39 is 0 Å². The summed E-state index contributed by atoms with van der Waals surface area (Å²) >= 11 is 0. The fourth-order valence-electron chi connectivity index (χ4n) is 1.61. The molecule has 0 saturated heterocycles. The topological polar surface area (TPSA) is 33.0 Å². The normalized spacial score (nSPS) is 9.89. The minimum Gasteiger partial charge on any atom is -0.456 e. The van der Waals surface area contributed by atoms with E-state index in [0.29, 0.717) is 22.6 Å². The monoisotopic (exact) mass is 241 g/mol. The summed E-state index contributed by atoms with van der Waals surface area (Å²) in [4.78, 5) is 0. The molecule has 0 amide bonds. The lowest BCUT2D eigenvalue weighted by Crippen LogP contribution is -1.91. The van der Waals surface area contributed by atoms with Crippen LogP contribution >= 0.6 is 0 Å². The van der Waals surface area contributed by atoms with Crippen molar-refractivity contribution in [2.24, 2.45) is 0 Å². The largest absolute Gasteiger partial charge is 0.456 e. The average Bonchev–Trinajstić information content (AvgIpc) is 2.34. The molecule has 0 aliphatic rings. The number of hydrogen-bond acceptors (Lipinski definition) is 2. The first-order valence-electron chi connectivity index (χ1n) is 5.55. The Morgan fingerprint density at radius 1 is 1.11 bits per heavy atom. The maximum Gasteiger partial charge on any atom is 0.145 e. The van der Waals surface area contributed by atoms with Crippen LogP contribution < -0.4 is 4.74 Å². The molecule has 0 aliphatic heterocycles. The molecule has 90 valence electrons. The van der Waals surface area contributed by atoms with Crippen molar-refractivity contribution < 1.29 is 9.13 Å². The van der Waals surface area contributed by atoms with Gasteiger partial charge in [0.05, 0.1) is 5.56 Å². The minimum absolute atomic E-state index is 0.271. The van der Waals surface area contributed by atoms with Crippen LogP contribution in [0.25, 0.3) is 0 Å². The molecule has 0 bridgehead atoms. The lowest BCUT2D eigenvalue weighted by Gasteiger charge is -2.09. The Hall–Kier alpha value is -2.34. The van der Waals surface area contributed by atoms with Gasteiger partial charge in [-0.1, -0.05) is 6.07 Å². The average molecular weight is 241 g/mol. The molecule has 0 aliphatic carbocycles. The standard InChI is InChI=1S/C15H12FNO/c1-10-3-4-12(9-17)15(7-10)18-13-5-6-14(16)11(2)8-13/h3-8H,1-2H3. The van der Waals surface area contributed by atoms with Crippen molar-refractivity contribution in [3.63, 3.8) is 0 Å². The summed E-state index contributed by atoms with van der Waals surface area (Å²) in [6.45, 7) is 3.59. The highest BCUT2D eigenvalue weighted by Gasteiger charge is 2.06. The van der Waals surface area contributed by atoms with Crippen molar-refractivity contribution >= 4 is 0 Å². The van der Waals surface area contributed by atoms with E-state index in [0.717, 1.165) is 5.56 Å². The summed E-state index contributed by atoms with van der Waals surface area (Å²) in [5.41, 5.74) is 1.98. The van der Waals surface area contributed by atoms with E-state index in [4.69, 9.17) is 10.00 Å². The predicted molar refractivity (Wildman–Crippen MR) is 67.1 cm³/mol. The van der Waals surface area contributed by atoms with Crippen LogP contribution in [0.3, 0.4) is 0 Å². The van der Waals surface area contributed by atoms with Gasteiger partial charge in [-0.3, -0.25) is 0 Å². The number of benzene rings is 2. The number of halogens is 1. The maximum absolute atomic E-state index is 13.1. The van der Waals surface area contributed by atoms with E-state index in [1.807, 2.05) is 13.0 Å². The molecule has 0 N–H and O–H groups in total.